The van der Waals surface area contributed by atoms with E-state index in [1.807, 2.05) is 12.1 Å². The van der Waals surface area contributed by atoms with Crippen molar-refractivity contribution in [1.82, 2.24) is 4.98 Å². The first-order valence-electron chi connectivity index (χ1n) is 6.53. The molecule has 0 radical (unpaired) electrons. The van der Waals surface area contributed by atoms with Crippen LogP contribution in [0, 0.1) is 17.2 Å². The quantitative estimate of drug-likeness (QED) is 0.796. The molecule has 1 aromatic heterocycles. The normalized spacial score (nSPS) is 27.9. The largest absolute Gasteiger partial charge is 0.371 e. The third kappa shape index (κ3) is 2.32. The van der Waals surface area contributed by atoms with Gasteiger partial charge in [0, 0.05) is 13.1 Å². The summed E-state index contributed by atoms with van der Waals surface area (Å²) in [7, 11) is 0. The maximum atomic E-state index is 8.76. The van der Waals surface area contributed by atoms with Gasteiger partial charge in [-0.15, -0.1) is 0 Å². The molecule has 2 fully saturated rings. The number of hydrogen-bond donors (Lipinski definition) is 0. The zero-order valence-electron chi connectivity index (χ0n) is 10.5. The second-order valence-electron chi connectivity index (χ2n) is 5.24. The molecule has 0 amide bonds. The van der Waals surface area contributed by atoms with E-state index in [2.05, 4.69) is 16.8 Å². The van der Waals surface area contributed by atoms with E-state index < -0.39 is 0 Å². The van der Waals surface area contributed by atoms with Crippen LogP contribution in [0.5, 0.6) is 0 Å². The molecule has 0 unspecified atom stereocenters. The lowest BCUT2D eigenvalue weighted by molar-refractivity contribution is -0.0271. The lowest BCUT2D eigenvalue weighted by atomic mass is 10.1. The summed E-state index contributed by atoms with van der Waals surface area (Å²) in [5.74, 6) is 0.751. The minimum Gasteiger partial charge on any atom is -0.371 e. The van der Waals surface area contributed by atoms with Crippen LogP contribution in [0.4, 0.5) is 5.69 Å². The Balaban J connectivity index is 1.75. The van der Waals surface area contributed by atoms with E-state index in [1.54, 1.807) is 12.3 Å². The number of ether oxygens (including phenoxy) is 1. The fraction of sp³-hybridized carbons (Fsp3) is 0.571. The Kier molecular flexibility index (Phi) is 2.92. The summed E-state index contributed by atoms with van der Waals surface area (Å²) < 4.78 is 5.99. The predicted molar refractivity (Wildman–Crippen MR) is 68.2 cm³/mol. The smallest absolute Gasteiger partial charge is 0.140 e. The van der Waals surface area contributed by atoms with Crippen molar-refractivity contribution in [2.75, 3.05) is 18.0 Å². The van der Waals surface area contributed by atoms with Gasteiger partial charge in [-0.05, 0) is 37.8 Å². The van der Waals surface area contributed by atoms with Crippen molar-refractivity contribution in [1.29, 1.82) is 5.26 Å². The van der Waals surface area contributed by atoms with E-state index in [1.165, 1.54) is 12.8 Å². The zero-order chi connectivity index (χ0) is 12.5. The Labute approximate surface area is 107 Å². The summed E-state index contributed by atoms with van der Waals surface area (Å²) in [4.78, 5) is 6.46. The van der Waals surface area contributed by atoms with Crippen LogP contribution < -0.4 is 4.90 Å². The standard InChI is InChI=1S/C14H17N3O/c1-10-8-17(9-14(18-10)11-2-3-11)13-5-4-12(6-15)16-7-13/h4-5,7,10-11,14H,2-3,8-9H2,1H3/t10-,14-/m0/s1. The molecule has 0 N–H and O–H groups in total. The van der Waals surface area contributed by atoms with Crippen molar-refractivity contribution in [3.63, 3.8) is 0 Å². The minimum atomic E-state index is 0.264. The molecule has 0 spiro atoms. The molecule has 4 heteroatoms. The Hall–Kier alpha value is -1.60. The van der Waals surface area contributed by atoms with Gasteiger partial charge in [0.1, 0.15) is 11.8 Å². The van der Waals surface area contributed by atoms with Gasteiger partial charge in [-0.2, -0.15) is 5.26 Å². The predicted octanol–water partition coefficient (Wildman–Crippen LogP) is 1.96. The summed E-state index contributed by atoms with van der Waals surface area (Å²) >= 11 is 0. The maximum absolute atomic E-state index is 8.76. The molecule has 94 valence electrons. The molecule has 4 nitrogen and oxygen atoms in total. The molecule has 2 heterocycles. The Bertz CT molecular complexity index is 461. The molecule has 0 bridgehead atoms. The molecule has 1 saturated heterocycles. The van der Waals surface area contributed by atoms with Crippen molar-refractivity contribution >= 4 is 5.69 Å². The molecular formula is C14H17N3O. The zero-order valence-corrected chi connectivity index (χ0v) is 10.5. The van der Waals surface area contributed by atoms with Gasteiger partial charge in [-0.25, -0.2) is 4.98 Å². The second kappa shape index (κ2) is 4.58. The first-order chi connectivity index (χ1) is 8.76. The molecule has 2 atom stereocenters. The summed E-state index contributed by atoms with van der Waals surface area (Å²) in [6.45, 7) is 3.97. The average Bonchev–Trinajstić information content (AvgIpc) is 3.22. The number of morpholine rings is 1. The van der Waals surface area contributed by atoms with Gasteiger partial charge in [0.15, 0.2) is 0 Å². The Morgan fingerprint density at radius 3 is 2.83 bits per heavy atom. The highest BCUT2D eigenvalue weighted by Gasteiger charge is 2.37. The van der Waals surface area contributed by atoms with E-state index >= 15 is 0 Å². The number of aromatic nitrogens is 1. The third-order valence-corrected chi connectivity index (χ3v) is 3.66. The van der Waals surface area contributed by atoms with Gasteiger partial charge in [-0.3, -0.25) is 0 Å². The van der Waals surface area contributed by atoms with Crippen LogP contribution in [0.2, 0.25) is 0 Å². The van der Waals surface area contributed by atoms with Gasteiger partial charge < -0.3 is 9.64 Å². The first-order valence-corrected chi connectivity index (χ1v) is 6.53. The van der Waals surface area contributed by atoms with Crippen LogP contribution in [-0.4, -0.2) is 30.3 Å². The Morgan fingerprint density at radius 2 is 2.22 bits per heavy atom. The number of anilines is 1. The molecule has 3 rings (SSSR count). The summed E-state index contributed by atoms with van der Waals surface area (Å²) in [6, 6.07) is 5.81. The lowest BCUT2D eigenvalue weighted by Crippen LogP contribution is -2.47. The van der Waals surface area contributed by atoms with Crippen LogP contribution in [0.1, 0.15) is 25.5 Å². The van der Waals surface area contributed by atoms with E-state index in [-0.39, 0.29) is 6.10 Å². The Morgan fingerprint density at radius 1 is 1.39 bits per heavy atom. The maximum Gasteiger partial charge on any atom is 0.140 e. The third-order valence-electron chi connectivity index (χ3n) is 3.66. The molecule has 1 aliphatic heterocycles. The topological polar surface area (TPSA) is 49.2 Å². The second-order valence-corrected chi connectivity index (χ2v) is 5.24. The highest BCUT2D eigenvalue weighted by Crippen LogP contribution is 2.37. The number of rotatable bonds is 2. The van der Waals surface area contributed by atoms with Crippen molar-refractivity contribution in [2.45, 2.75) is 32.0 Å². The van der Waals surface area contributed by atoms with Crippen molar-refractivity contribution < 1.29 is 4.74 Å². The molecule has 0 aromatic carbocycles. The van der Waals surface area contributed by atoms with Crippen LogP contribution in [0.15, 0.2) is 18.3 Å². The molecule has 2 aliphatic rings. The highest BCUT2D eigenvalue weighted by molar-refractivity contribution is 5.46. The SMILES string of the molecule is C[C@H]1CN(c2ccc(C#N)nc2)C[C@@H](C2CC2)O1. The van der Waals surface area contributed by atoms with Crippen molar-refractivity contribution in [3.05, 3.63) is 24.0 Å². The van der Waals surface area contributed by atoms with E-state index in [4.69, 9.17) is 10.00 Å². The first kappa shape index (κ1) is 11.5. The van der Waals surface area contributed by atoms with E-state index in [9.17, 15) is 0 Å². The molecular weight excluding hydrogens is 226 g/mol. The van der Waals surface area contributed by atoms with Crippen molar-refractivity contribution in [2.24, 2.45) is 5.92 Å². The summed E-state index contributed by atoms with van der Waals surface area (Å²) in [5.41, 5.74) is 1.56. The molecule has 1 aliphatic carbocycles. The van der Waals surface area contributed by atoms with Crippen LogP contribution in [-0.2, 0) is 4.74 Å². The van der Waals surface area contributed by atoms with E-state index in [0.717, 1.165) is 24.7 Å². The van der Waals surface area contributed by atoms with Gasteiger partial charge >= 0.3 is 0 Å². The van der Waals surface area contributed by atoms with Gasteiger partial charge in [0.2, 0.25) is 0 Å². The van der Waals surface area contributed by atoms with Crippen molar-refractivity contribution in [3.8, 4) is 6.07 Å². The monoisotopic (exact) mass is 243 g/mol. The van der Waals surface area contributed by atoms with Gasteiger partial charge in [0.05, 0.1) is 24.1 Å². The van der Waals surface area contributed by atoms with E-state index in [0.29, 0.717) is 11.8 Å². The summed E-state index contributed by atoms with van der Waals surface area (Å²) in [6.07, 6.45) is 5.03. The fourth-order valence-corrected chi connectivity index (χ4v) is 2.56. The number of nitrogens with zero attached hydrogens (tertiary/aromatic N) is 3. The van der Waals surface area contributed by atoms with Crippen LogP contribution in [0.3, 0.4) is 0 Å². The van der Waals surface area contributed by atoms with Crippen LogP contribution in [0.25, 0.3) is 0 Å². The molecule has 1 aromatic rings. The van der Waals surface area contributed by atoms with Gasteiger partial charge in [0.25, 0.3) is 0 Å². The molecule has 1 saturated carbocycles. The van der Waals surface area contributed by atoms with Gasteiger partial charge in [-0.1, -0.05) is 0 Å². The number of pyridine rings is 1. The lowest BCUT2D eigenvalue weighted by Gasteiger charge is -2.38. The number of nitriles is 1. The highest BCUT2D eigenvalue weighted by atomic mass is 16.5. The summed E-state index contributed by atoms with van der Waals surface area (Å²) in [5, 5.41) is 8.76. The minimum absolute atomic E-state index is 0.264. The number of hydrogen-bond acceptors (Lipinski definition) is 4. The van der Waals surface area contributed by atoms with Crippen LogP contribution >= 0.6 is 0 Å². The molecule has 18 heavy (non-hydrogen) atoms. The fourth-order valence-electron chi connectivity index (χ4n) is 2.56. The average molecular weight is 243 g/mol.